The zero-order valence-electron chi connectivity index (χ0n) is 24.6. The van der Waals surface area contributed by atoms with Crippen LogP contribution in [0.2, 0.25) is 5.02 Å². The van der Waals surface area contributed by atoms with Crippen molar-refractivity contribution < 1.29 is 27.5 Å². The second kappa shape index (κ2) is 12.3. The SMILES string of the molecule is CCOc1ccc(C(C)(C)CC(C)(C)C)cc1SC1C(=O)N(c2cc(C(F)(F)F)ccc2Cl)N=C1NC(=O)C(C)C. The lowest BCUT2D eigenvalue weighted by atomic mass is 9.72. The van der Waals surface area contributed by atoms with Crippen LogP contribution in [0.25, 0.3) is 0 Å². The summed E-state index contributed by atoms with van der Waals surface area (Å²) in [6.45, 7) is 16.4. The molecule has 3 rings (SSSR count). The Morgan fingerprint density at radius 1 is 1.10 bits per heavy atom. The van der Waals surface area contributed by atoms with E-state index in [2.05, 4.69) is 45.0 Å². The number of alkyl halides is 3. The number of benzene rings is 2. The highest BCUT2D eigenvalue weighted by molar-refractivity contribution is 8.01. The van der Waals surface area contributed by atoms with E-state index in [1.54, 1.807) is 13.8 Å². The van der Waals surface area contributed by atoms with Crippen molar-refractivity contribution in [3.63, 3.8) is 0 Å². The molecule has 0 saturated heterocycles. The van der Waals surface area contributed by atoms with Gasteiger partial charge in [0, 0.05) is 5.92 Å². The molecule has 0 fully saturated rings. The number of rotatable bonds is 8. The lowest BCUT2D eigenvalue weighted by Crippen LogP contribution is -2.40. The number of hydrogen-bond donors (Lipinski definition) is 1. The van der Waals surface area contributed by atoms with Crippen LogP contribution < -0.4 is 15.1 Å². The molecule has 0 radical (unpaired) electrons. The molecule has 1 atom stereocenters. The Bertz CT molecular complexity index is 1340. The number of nitrogens with one attached hydrogen (secondary N) is 1. The first-order valence-corrected chi connectivity index (χ1v) is 14.6. The lowest BCUT2D eigenvalue weighted by Gasteiger charge is -2.33. The lowest BCUT2D eigenvalue weighted by molar-refractivity contribution is -0.137. The Morgan fingerprint density at radius 2 is 1.73 bits per heavy atom. The average Bonchev–Trinajstić information content (AvgIpc) is 3.12. The zero-order valence-corrected chi connectivity index (χ0v) is 26.1. The summed E-state index contributed by atoms with van der Waals surface area (Å²) < 4.78 is 46.3. The summed E-state index contributed by atoms with van der Waals surface area (Å²) in [7, 11) is 0. The van der Waals surface area contributed by atoms with Crippen LogP contribution in [-0.4, -0.2) is 29.5 Å². The highest BCUT2D eigenvalue weighted by atomic mass is 35.5. The number of nitrogens with zero attached hydrogens (tertiary/aromatic N) is 2. The first kappa shape index (κ1) is 32.8. The van der Waals surface area contributed by atoms with Gasteiger partial charge in [-0.3, -0.25) is 9.59 Å². The predicted molar refractivity (Wildman–Crippen MR) is 159 cm³/mol. The smallest absolute Gasteiger partial charge is 0.416 e. The molecule has 1 N–H and O–H groups in total. The number of ether oxygens (including phenoxy) is 1. The van der Waals surface area contributed by atoms with Crippen molar-refractivity contribution in [2.24, 2.45) is 16.4 Å². The number of carbonyl (C=O) groups is 2. The van der Waals surface area contributed by atoms with Gasteiger partial charge in [0.05, 0.1) is 27.8 Å². The monoisotopic (exact) mass is 611 g/mol. The normalized spacial score (nSPS) is 16.3. The van der Waals surface area contributed by atoms with Gasteiger partial charge in [-0.25, -0.2) is 0 Å². The van der Waals surface area contributed by atoms with Crippen LogP contribution in [0.3, 0.4) is 0 Å². The Labute approximate surface area is 249 Å². The maximum absolute atomic E-state index is 13.8. The third kappa shape index (κ3) is 7.97. The van der Waals surface area contributed by atoms with E-state index in [4.69, 9.17) is 16.3 Å². The van der Waals surface area contributed by atoms with E-state index in [-0.39, 0.29) is 33.3 Å². The molecule has 2 aromatic rings. The summed E-state index contributed by atoms with van der Waals surface area (Å²) in [5.74, 6) is -0.897. The minimum Gasteiger partial charge on any atom is -0.493 e. The van der Waals surface area contributed by atoms with Crippen molar-refractivity contribution in [3.05, 3.63) is 52.5 Å². The van der Waals surface area contributed by atoms with Crippen molar-refractivity contribution in [2.45, 2.75) is 83.5 Å². The highest BCUT2D eigenvalue weighted by Crippen LogP contribution is 2.43. The second-order valence-electron chi connectivity index (χ2n) is 12.2. The maximum Gasteiger partial charge on any atom is 0.416 e. The van der Waals surface area contributed by atoms with Crippen LogP contribution in [0.5, 0.6) is 5.75 Å². The molecule has 1 unspecified atom stereocenters. The standard InChI is InChI=1S/C30H37ClF3N3O3S/c1-9-40-22-13-11-18(29(7,8)16-28(4,5)6)15-23(22)41-24-25(35-26(38)17(2)3)36-37(27(24)39)21-14-19(30(32,33)34)10-12-20(21)31/h10-15,17,24H,9,16H2,1-8H3,(H,35,36,38). The first-order valence-electron chi connectivity index (χ1n) is 13.4. The van der Waals surface area contributed by atoms with Crippen molar-refractivity contribution in [2.75, 3.05) is 11.6 Å². The van der Waals surface area contributed by atoms with E-state index >= 15 is 0 Å². The molecule has 0 aliphatic carbocycles. The molecule has 2 amide bonds. The molecular formula is C30H37ClF3N3O3S. The molecule has 6 nitrogen and oxygen atoms in total. The minimum absolute atomic E-state index is 0.00832. The topological polar surface area (TPSA) is 71.0 Å². The van der Waals surface area contributed by atoms with Gasteiger partial charge in [-0.1, -0.05) is 66.1 Å². The largest absolute Gasteiger partial charge is 0.493 e. The highest BCUT2D eigenvalue weighted by Gasteiger charge is 2.41. The molecule has 0 spiro atoms. The van der Waals surface area contributed by atoms with E-state index in [0.29, 0.717) is 17.3 Å². The van der Waals surface area contributed by atoms with Gasteiger partial charge in [-0.05, 0) is 60.1 Å². The Morgan fingerprint density at radius 3 is 2.29 bits per heavy atom. The number of amides is 2. The van der Waals surface area contributed by atoms with E-state index in [9.17, 15) is 22.8 Å². The number of hydrazone groups is 1. The third-order valence-corrected chi connectivity index (χ3v) is 7.96. The zero-order chi connectivity index (χ0) is 30.9. The molecular weight excluding hydrogens is 575 g/mol. The summed E-state index contributed by atoms with van der Waals surface area (Å²) in [4.78, 5) is 27.1. The summed E-state index contributed by atoms with van der Waals surface area (Å²) >= 11 is 7.37. The fourth-order valence-corrected chi connectivity index (χ4v) is 6.09. The molecule has 224 valence electrons. The van der Waals surface area contributed by atoms with Gasteiger partial charge in [-0.15, -0.1) is 16.9 Å². The number of amidine groups is 1. The quantitative estimate of drug-likeness (QED) is 0.328. The van der Waals surface area contributed by atoms with E-state index in [0.717, 1.165) is 47.0 Å². The van der Waals surface area contributed by atoms with E-state index in [1.165, 1.54) is 0 Å². The summed E-state index contributed by atoms with van der Waals surface area (Å²) in [6, 6.07) is 8.51. The van der Waals surface area contributed by atoms with Crippen LogP contribution in [0, 0.1) is 11.3 Å². The molecule has 1 aliphatic heterocycles. The summed E-state index contributed by atoms with van der Waals surface area (Å²) in [5, 5.41) is 6.64. The number of anilines is 1. The van der Waals surface area contributed by atoms with Gasteiger partial charge < -0.3 is 10.1 Å². The van der Waals surface area contributed by atoms with Gasteiger partial charge in [0.25, 0.3) is 5.91 Å². The van der Waals surface area contributed by atoms with Crippen molar-refractivity contribution >= 4 is 46.7 Å². The van der Waals surface area contributed by atoms with Gasteiger partial charge in [0.15, 0.2) is 11.1 Å². The molecule has 0 aromatic heterocycles. The number of halogens is 4. The summed E-state index contributed by atoms with van der Waals surface area (Å²) in [5.41, 5.74) is -0.320. The second-order valence-corrected chi connectivity index (χ2v) is 13.7. The van der Waals surface area contributed by atoms with Crippen LogP contribution in [0.4, 0.5) is 18.9 Å². The molecule has 0 saturated carbocycles. The van der Waals surface area contributed by atoms with Gasteiger partial charge >= 0.3 is 6.18 Å². The molecule has 11 heteroatoms. The van der Waals surface area contributed by atoms with Crippen molar-refractivity contribution in [1.29, 1.82) is 0 Å². The van der Waals surface area contributed by atoms with Crippen molar-refractivity contribution in [3.8, 4) is 5.75 Å². The van der Waals surface area contributed by atoms with E-state index < -0.39 is 28.8 Å². The van der Waals surface area contributed by atoms with Gasteiger partial charge in [0.1, 0.15) is 5.75 Å². The molecule has 1 aliphatic rings. The number of hydrogen-bond acceptors (Lipinski definition) is 5. The van der Waals surface area contributed by atoms with Crippen molar-refractivity contribution in [1.82, 2.24) is 5.32 Å². The number of carbonyl (C=O) groups excluding carboxylic acids is 2. The summed E-state index contributed by atoms with van der Waals surface area (Å²) in [6.07, 6.45) is -3.76. The van der Waals surface area contributed by atoms with Crippen LogP contribution in [0.15, 0.2) is 46.4 Å². The third-order valence-electron chi connectivity index (χ3n) is 6.41. The molecule has 2 aromatic carbocycles. The number of thioether (sulfide) groups is 1. The van der Waals surface area contributed by atoms with Gasteiger partial charge in [-0.2, -0.15) is 18.2 Å². The van der Waals surface area contributed by atoms with Crippen LogP contribution in [-0.2, 0) is 21.2 Å². The first-order chi connectivity index (χ1) is 18.8. The van der Waals surface area contributed by atoms with Gasteiger partial charge in [0.2, 0.25) is 5.91 Å². The van der Waals surface area contributed by atoms with E-state index in [1.807, 2.05) is 25.1 Å². The molecule has 41 heavy (non-hydrogen) atoms. The maximum atomic E-state index is 13.8. The molecule has 1 heterocycles. The minimum atomic E-state index is -4.65. The Balaban J connectivity index is 2.09. The predicted octanol–water partition coefficient (Wildman–Crippen LogP) is 8.06. The van der Waals surface area contributed by atoms with Crippen LogP contribution in [0.1, 0.15) is 72.9 Å². The fraction of sp³-hybridized carbons (Fsp3) is 0.500. The fourth-order valence-electron chi connectivity index (χ4n) is 4.78. The Hall–Kier alpha value is -2.72. The molecule has 0 bridgehead atoms. The average molecular weight is 612 g/mol. The van der Waals surface area contributed by atoms with Crippen LogP contribution >= 0.6 is 23.4 Å². The Kier molecular flexibility index (Phi) is 9.80.